The summed E-state index contributed by atoms with van der Waals surface area (Å²) >= 11 is 0. The van der Waals surface area contributed by atoms with Gasteiger partial charge in [0.25, 0.3) is 0 Å². The molecule has 26 heavy (non-hydrogen) atoms. The first-order valence-corrected chi connectivity index (χ1v) is 9.12. The van der Waals surface area contributed by atoms with Gasteiger partial charge in [0.2, 0.25) is 6.79 Å². The third kappa shape index (κ3) is 2.13. The summed E-state index contributed by atoms with van der Waals surface area (Å²) in [6.45, 7) is 2.39. The number of methoxy groups -OCH3 is 2. The highest BCUT2D eigenvalue weighted by atomic mass is 16.7. The van der Waals surface area contributed by atoms with Crippen LogP contribution in [0.5, 0.6) is 23.0 Å². The van der Waals surface area contributed by atoms with Crippen LogP contribution in [0.25, 0.3) is 0 Å². The Balaban J connectivity index is 1.62. The van der Waals surface area contributed by atoms with Crippen molar-refractivity contribution in [3.63, 3.8) is 0 Å². The van der Waals surface area contributed by atoms with Gasteiger partial charge in [-0.05, 0) is 29.3 Å². The fourth-order valence-corrected chi connectivity index (χ4v) is 4.88. The van der Waals surface area contributed by atoms with Crippen LogP contribution in [0.4, 0.5) is 0 Å². The summed E-state index contributed by atoms with van der Waals surface area (Å²) in [7, 11) is 5.79. The molecule has 2 aromatic rings. The van der Waals surface area contributed by atoms with Gasteiger partial charge in [0.15, 0.2) is 23.0 Å². The van der Waals surface area contributed by atoms with E-state index in [1.165, 1.54) is 22.3 Å². The summed E-state index contributed by atoms with van der Waals surface area (Å²) in [6, 6.07) is 9.05. The Bertz CT molecular complexity index is 894. The van der Waals surface area contributed by atoms with Crippen molar-refractivity contribution in [2.75, 3.05) is 34.6 Å². The largest absolute Gasteiger partial charge is 0.493 e. The molecular weight excluding hydrogens is 330 g/mol. The van der Waals surface area contributed by atoms with Crippen LogP contribution in [0.1, 0.15) is 28.3 Å². The molecule has 0 unspecified atom stereocenters. The summed E-state index contributed by atoms with van der Waals surface area (Å²) in [5, 5.41) is 0. The number of hydrogen-bond acceptors (Lipinski definition) is 4. The van der Waals surface area contributed by atoms with E-state index in [-0.39, 0.29) is 0 Å². The lowest BCUT2D eigenvalue weighted by Crippen LogP contribution is -2.53. The molecule has 0 N–H and O–H groups in total. The van der Waals surface area contributed by atoms with E-state index in [0.717, 1.165) is 53.4 Å². The maximum absolute atomic E-state index is 5.72. The van der Waals surface area contributed by atoms with E-state index < -0.39 is 0 Å². The van der Waals surface area contributed by atoms with Crippen LogP contribution >= 0.6 is 0 Å². The third-order valence-corrected chi connectivity index (χ3v) is 6.32. The van der Waals surface area contributed by atoms with Crippen LogP contribution in [0.3, 0.4) is 0 Å². The Morgan fingerprint density at radius 1 is 1.04 bits per heavy atom. The molecule has 3 aliphatic heterocycles. The lowest BCUT2D eigenvalue weighted by atomic mass is 9.81. The van der Waals surface area contributed by atoms with Gasteiger partial charge in [0, 0.05) is 18.4 Å². The first-order valence-electron chi connectivity index (χ1n) is 9.12. The molecule has 0 amide bonds. The van der Waals surface area contributed by atoms with E-state index in [0.29, 0.717) is 12.8 Å². The van der Waals surface area contributed by atoms with Gasteiger partial charge >= 0.3 is 0 Å². The smallest absolute Gasteiger partial charge is 0.231 e. The topological polar surface area (TPSA) is 36.9 Å². The number of likely N-dealkylation sites (N-methyl/N-ethyl adjacent to an activating group) is 1. The van der Waals surface area contributed by atoms with Crippen molar-refractivity contribution in [2.45, 2.75) is 25.4 Å². The van der Waals surface area contributed by atoms with Crippen LogP contribution in [0.2, 0.25) is 0 Å². The van der Waals surface area contributed by atoms with Crippen LogP contribution in [-0.4, -0.2) is 39.1 Å². The fraction of sp³-hybridized carbons (Fsp3) is 0.429. The minimum atomic E-state index is 0.328. The Labute approximate surface area is 153 Å². The number of rotatable bonds is 2. The normalized spacial score (nSPS) is 25.1. The fourth-order valence-electron chi connectivity index (χ4n) is 4.88. The van der Waals surface area contributed by atoms with Gasteiger partial charge in [-0.15, -0.1) is 0 Å². The molecule has 0 saturated carbocycles. The zero-order valence-electron chi connectivity index (χ0n) is 15.5. The minimum absolute atomic E-state index is 0.328. The van der Waals surface area contributed by atoms with Crippen molar-refractivity contribution in [2.24, 2.45) is 0 Å². The Morgan fingerprint density at radius 2 is 1.85 bits per heavy atom. The van der Waals surface area contributed by atoms with Crippen molar-refractivity contribution in [1.82, 2.24) is 0 Å². The molecule has 5 nitrogen and oxygen atoms in total. The minimum Gasteiger partial charge on any atom is -0.493 e. The maximum Gasteiger partial charge on any atom is 0.231 e. The second-order valence-electron chi connectivity index (χ2n) is 7.67. The predicted molar refractivity (Wildman–Crippen MR) is 97.0 cm³/mol. The van der Waals surface area contributed by atoms with E-state index in [9.17, 15) is 0 Å². The van der Waals surface area contributed by atoms with Crippen LogP contribution < -0.4 is 18.9 Å². The number of ether oxygens (including phenoxy) is 4. The Hall–Kier alpha value is -2.40. The van der Waals surface area contributed by atoms with E-state index in [4.69, 9.17) is 18.9 Å². The maximum atomic E-state index is 5.72. The van der Waals surface area contributed by atoms with Crippen LogP contribution in [0, 0.1) is 0 Å². The standard InChI is InChI=1S/C21H24NO4/c1-22-7-6-14-9-19-20(26-12-25-19)10-15(14)17(22)8-13-4-5-18(23-2)21(24-3)16(13)11-22/h4-5,9-10,17H,6-8,11-12H2,1-3H3/q+1/t17-,22+/m0/s1. The van der Waals surface area contributed by atoms with Gasteiger partial charge in [0.1, 0.15) is 12.6 Å². The number of benzene rings is 2. The van der Waals surface area contributed by atoms with Crippen molar-refractivity contribution in [1.29, 1.82) is 0 Å². The molecule has 136 valence electrons. The average molecular weight is 354 g/mol. The molecular formula is C21H24NO4+. The molecule has 0 aliphatic carbocycles. The zero-order valence-corrected chi connectivity index (χ0v) is 15.5. The van der Waals surface area contributed by atoms with Gasteiger partial charge in [-0.3, -0.25) is 0 Å². The van der Waals surface area contributed by atoms with Gasteiger partial charge in [-0.25, -0.2) is 0 Å². The van der Waals surface area contributed by atoms with E-state index in [1.54, 1.807) is 14.2 Å². The van der Waals surface area contributed by atoms with Crippen molar-refractivity contribution < 1.29 is 23.4 Å². The number of fused-ring (bicyclic) bond motifs is 5. The third-order valence-electron chi connectivity index (χ3n) is 6.32. The van der Waals surface area contributed by atoms with Crippen molar-refractivity contribution in [3.05, 3.63) is 46.5 Å². The second-order valence-corrected chi connectivity index (χ2v) is 7.67. The molecule has 0 radical (unpaired) electrons. The van der Waals surface area contributed by atoms with E-state index in [2.05, 4.69) is 25.2 Å². The lowest BCUT2D eigenvalue weighted by Gasteiger charge is -2.49. The summed E-state index contributed by atoms with van der Waals surface area (Å²) in [4.78, 5) is 0. The first-order chi connectivity index (χ1) is 12.6. The Kier molecular flexibility index (Phi) is 3.38. The number of nitrogens with zero attached hydrogens (tertiary/aromatic N) is 1. The molecule has 3 heterocycles. The average Bonchev–Trinajstić information content (AvgIpc) is 3.11. The second kappa shape index (κ2) is 5.55. The van der Waals surface area contributed by atoms with Gasteiger partial charge < -0.3 is 23.4 Å². The first kappa shape index (κ1) is 15.8. The number of hydrogen-bond donors (Lipinski definition) is 0. The summed E-state index contributed by atoms with van der Waals surface area (Å²) in [6.07, 6.45) is 2.05. The van der Waals surface area contributed by atoms with Crippen molar-refractivity contribution in [3.8, 4) is 23.0 Å². The van der Waals surface area contributed by atoms with Crippen LogP contribution in [-0.2, 0) is 19.4 Å². The molecule has 0 fully saturated rings. The van der Waals surface area contributed by atoms with Crippen LogP contribution in [0.15, 0.2) is 24.3 Å². The highest BCUT2D eigenvalue weighted by molar-refractivity contribution is 5.54. The molecule has 0 aromatic heterocycles. The van der Waals surface area contributed by atoms with Crippen molar-refractivity contribution >= 4 is 0 Å². The predicted octanol–water partition coefficient (Wildman–Crippen LogP) is 3.23. The monoisotopic (exact) mass is 354 g/mol. The molecule has 5 heteroatoms. The van der Waals surface area contributed by atoms with E-state index >= 15 is 0 Å². The highest BCUT2D eigenvalue weighted by Gasteiger charge is 2.45. The Morgan fingerprint density at radius 3 is 2.62 bits per heavy atom. The molecule has 3 aliphatic rings. The molecule has 2 aromatic carbocycles. The highest BCUT2D eigenvalue weighted by Crippen LogP contribution is 2.49. The quantitative estimate of drug-likeness (QED) is 0.776. The lowest BCUT2D eigenvalue weighted by molar-refractivity contribution is -0.956. The van der Waals surface area contributed by atoms with E-state index in [1.807, 2.05) is 6.07 Å². The van der Waals surface area contributed by atoms with Gasteiger partial charge in [-0.2, -0.15) is 0 Å². The van der Waals surface area contributed by atoms with Gasteiger partial charge in [-0.1, -0.05) is 6.07 Å². The molecule has 5 rings (SSSR count). The zero-order chi connectivity index (χ0) is 17.9. The summed E-state index contributed by atoms with van der Waals surface area (Å²) in [5.74, 6) is 3.48. The molecule has 0 saturated heterocycles. The SMILES string of the molecule is COc1ccc2c(c1OC)C[N@@+]1(C)CCc3cc4c(cc3[C@@H]1C2)OCO4. The molecule has 0 bridgehead atoms. The molecule has 0 spiro atoms. The van der Waals surface area contributed by atoms with Gasteiger partial charge in [0.05, 0.1) is 33.4 Å². The molecule has 2 atom stereocenters. The summed E-state index contributed by atoms with van der Waals surface area (Å²) in [5.41, 5.74) is 5.45. The summed E-state index contributed by atoms with van der Waals surface area (Å²) < 4.78 is 23.5. The number of quaternary nitrogens is 1.